The Morgan fingerprint density at radius 3 is 2.52 bits per heavy atom. The van der Waals surface area contributed by atoms with Gasteiger partial charge in [0.1, 0.15) is 17.9 Å². The van der Waals surface area contributed by atoms with Crippen molar-refractivity contribution < 1.29 is 31.5 Å². The molecule has 1 heterocycles. The summed E-state index contributed by atoms with van der Waals surface area (Å²) in [6.45, 7) is 0.220. The van der Waals surface area contributed by atoms with E-state index < -0.39 is 48.0 Å². The average molecular weight is 410 g/mol. The lowest BCUT2D eigenvalue weighted by molar-refractivity contribution is -0.139. The van der Waals surface area contributed by atoms with Crippen molar-refractivity contribution in [2.45, 2.75) is 25.6 Å². The summed E-state index contributed by atoms with van der Waals surface area (Å²) in [6.07, 6.45) is -5.35. The number of carbonyl (C=O) groups excluding carboxylic acids is 1. The molecule has 11 heteroatoms. The number of aromatic nitrogens is 2. The Labute approximate surface area is 155 Å². The summed E-state index contributed by atoms with van der Waals surface area (Å²) in [7, 11) is 0. The Kier molecular flexibility index (Phi) is 6.53. The Hall–Kier alpha value is -2.49. The van der Waals surface area contributed by atoms with Crippen LogP contribution < -0.4 is 10.1 Å². The smallest absolute Gasteiger partial charge is 0.420 e. The first-order chi connectivity index (χ1) is 12.6. The maximum absolute atomic E-state index is 13.4. The summed E-state index contributed by atoms with van der Waals surface area (Å²) in [5.41, 5.74) is -2.06. The Bertz CT molecular complexity index is 817. The van der Waals surface area contributed by atoms with Crippen LogP contribution in [0.5, 0.6) is 5.75 Å². The van der Waals surface area contributed by atoms with E-state index in [2.05, 4.69) is 20.0 Å². The van der Waals surface area contributed by atoms with Crippen LogP contribution in [0.15, 0.2) is 30.6 Å². The van der Waals surface area contributed by atoms with Gasteiger partial charge >= 0.3 is 6.18 Å². The molecule has 0 radical (unpaired) electrons. The number of hydrogen-bond acceptors (Lipinski definition) is 4. The molecule has 5 nitrogen and oxygen atoms in total. The van der Waals surface area contributed by atoms with E-state index in [0.29, 0.717) is 0 Å². The molecular formula is C16H13ClF5N3O2. The van der Waals surface area contributed by atoms with Gasteiger partial charge in [0, 0.05) is 12.4 Å². The number of carbonyl (C=O) groups is 1. The zero-order valence-electron chi connectivity index (χ0n) is 13.7. The van der Waals surface area contributed by atoms with Crippen molar-refractivity contribution in [3.63, 3.8) is 0 Å². The van der Waals surface area contributed by atoms with E-state index in [4.69, 9.17) is 11.6 Å². The van der Waals surface area contributed by atoms with Gasteiger partial charge in [-0.2, -0.15) is 13.2 Å². The molecule has 0 bridgehead atoms. The summed E-state index contributed by atoms with van der Waals surface area (Å²) in [4.78, 5) is 20.1. The average Bonchev–Trinajstić information content (AvgIpc) is 2.58. The van der Waals surface area contributed by atoms with Gasteiger partial charge in [0.25, 0.3) is 12.3 Å². The second-order valence-electron chi connectivity index (χ2n) is 5.31. The van der Waals surface area contributed by atoms with Gasteiger partial charge in [0.15, 0.2) is 5.15 Å². The van der Waals surface area contributed by atoms with Gasteiger partial charge in [-0.05, 0) is 19.1 Å². The molecule has 0 saturated heterocycles. The molecule has 0 aliphatic heterocycles. The van der Waals surface area contributed by atoms with Crippen molar-refractivity contribution in [1.29, 1.82) is 0 Å². The fraction of sp³-hybridized carbons (Fsp3) is 0.312. The van der Waals surface area contributed by atoms with Gasteiger partial charge < -0.3 is 10.1 Å². The molecule has 0 fully saturated rings. The minimum absolute atomic E-state index is 0.0182. The van der Waals surface area contributed by atoms with Crippen LogP contribution >= 0.6 is 11.6 Å². The van der Waals surface area contributed by atoms with E-state index in [1.807, 2.05) is 0 Å². The van der Waals surface area contributed by atoms with Crippen LogP contribution in [0.25, 0.3) is 0 Å². The van der Waals surface area contributed by atoms with Crippen LogP contribution in [-0.4, -0.2) is 28.9 Å². The van der Waals surface area contributed by atoms with Gasteiger partial charge in [-0.25, -0.2) is 13.8 Å². The standard InChI is InChI=1S/C16H13ClF5N3O2/c1-8(13-14(17)24-6-5-23-13)25-15(26)9-3-2-4-10(27-7-11(18)19)12(9)16(20,21)22/h2-6,8,11H,7H2,1H3,(H,25,26). The van der Waals surface area contributed by atoms with Crippen LogP contribution in [0.3, 0.4) is 0 Å². The lowest BCUT2D eigenvalue weighted by Crippen LogP contribution is -2.30. The number of ether oxygens (including phenoxy) is 1. The third-order valence-electron chi connectivity index (χ3n) is 3.36. The Morgan fingerprint density at radius 1 is 1.26 bits per heavy atom. The van der Waals surface area contributed by atoms with E-state index in [0.717, 1.165) is 18.2 Å². The highest BCUT2D eigenvalue weighted by Crippen LogP contribution is 2.39. The molecule has 1 N–H and O–H groups in total. The SMILES string of the molecule is CC(NC(=O)c1cccc(OCC(F)F)c1C(F)(F)F)c1nccnc1Cl. The van der Waals surface area contributed by atoms with Crippen molar-refractivity contribution in [2.24, 2.45) is 0 Å². The first-order valence-electron chi connectivity index (χ1n) is 7.49. The molecule has 2 rings (SSSR count). The first kappa shape index (κ1) is 20.8. The maximum Gasteiger partial charge on any atom is 0.420 e. The minimum Gasteiger partial charge on any atom is -0.487 e. The third-order valence-corrected chi connectivity index (χ3v) is 3.65. The van der Waals surface area contributed by atoms with Crippen molar-refractivity contribution in [2.75, 3.05) is 6.61 Å². The minimum atomic E-state index is -5.00. The van der Waals surface area contributed by atoms with Crippen LogP contribution in [0.2, 0.25) is 5.15 Å². The Balaban J connectivity index is 2.35. The molecule has 1 unspecified atom stereocenters. The highest BCUT2D eigenvalue weighted by molar-refractivity contribution is 6.30. The number of rotatable bonds is 6. The summed E-state index contributed by atoms with van der Waals surface area (Å²) in [5, 5.41) is 2.31. The zero-order valence-corrected chi connectivity index (χ0v) is 14.5. The van der Waals surface area contributed by atoms with Crippen LogP contribution in [0.1, 0.15) is 34.6 Å². The molecule has 1 aromatic heterocycles. The number of hydrogen-bond donors (Lipinski definition) is 1. The second kappa shape index (κ2) is 8.47. The molecule has 0 aliphatic carbocycles. The largest absolute Gasteiger partial charge is 0.487 e. The van der Waals surface area contributed by atoms with Crippen molar-refractivity contribution in [3.05, 3.63) is 52.6 Å². The molecule has 146 valence electrons. The number of nitrogens with zero attached hydrogens (tertiary/aromatic N) is 2. The molecule has 0 spiro atoms. The highest BCUT2D eigenvalue weighted by Gasteiger charge is 2.39. The molecular weight excluding hydrogens is 397 g/mol. The predicted molar refractivity (Wildman–Crippen MR) is 85.9 cm³/mol. The van der Waals surface area contributed by atoms with E-state index in [9.17, 15) is 26.7 Å². The van der Waals surface area contributed by atoms with Crippen LogP contribution in [-0.2, 0) is 6.18 Å². The normalized spacial score (nSPS) is 12.7. The topological polar surface area (TPSA) is 64.1 Å². The van der Waals surface area contributed by atoms with Crippen molar-refractivity contribution in [3.8, 4) is 5.75 Å². The summed E-state index contributed by atoms with van der Waals surface area (Å²) in [5.74, 6) is -1.96. The van der Waals surface area contributed by atoms with Gasteiger partial charge in [-0.3, -0.25) is 9.78 Å². The van der Waals surface area contributed by atoms with Crippen molar-refractivity contribution in [1.82, 2.24) is 15.3 Å². The van der Waals surface area contributed by atoms with Crippen LogP contribution in [0.4, 0.5) is 22.0 Å². The number of benzene rings is 1. The lowest BCUT2D eigenvalue weighted by Gasteiger charge is -2.19. The zero-order chi connectivity index (χ0) is 20.2. The quantitative estimate of drug-likeness (QED) is 0.723. The Morgan fingerprint density at radius 2 is 1.93 bits per heavy atom. The first-order valence-corrected chi connectivity index (χ1v) is 7.87. The number of halogens is 6. The second-order valence-corrected chi connectivity index (χ2v) is 5.66. The number of alkyl halides is 5. The van der Waals surface area contributed by atoms with E-state index in [1.54, 1.807) is 0 Å². The maximum atomic E-state index is 13.4. The molecule has 1 aromatic carbocycles. The molecule has 27 heavy (non-hydrogen) atoms. The van der Waals surface area contributed by atoms with Gasteiger partial charge in [-0.15, -0.1) is 0 Å². The fourth-order valence-corrected chi connectivity index (χ4v) is 2.52. The van der Waals surface area contributed by atoms with Gasteiger partial charge in [0.2, 0.25) is 0 Å². The molecule has 0 saturated carbocycles. The molecule has 1 atom stereocenters. The van der Waals surface area contributed by atoms with Crippen molar-refractivity contribution >= 4 is 17.5 Å². The fourth-order valence-electron chi connectivity index (χ4n) is 2.25. The predicted octanol–water partition coefficient (Wildman–Crippen LogP) is 4.28. The monoisotopic (exact) mass is 409 g/mol. The third kappa shape index (κ3) is 5.25. The summed E-state index contributed by atoms with van der Waals surface area (Å²) < 4.78 is 69.4. The molecule has 0 aliphatic rings. The number of amides is 1. The summed E-state index contributed by atoms with van der Waals surface area (Å²) >= 11 is 5.85. The van der Waals surface area contributed by atoms with E-state index >= 15 is 0 Å². The lowest BCUT2D eigenvalue weighted by atomic mass is 10.0. The van der Waals surface area contributed by atoms with Gasteiger partial charge in [0.05, 0.1) is 17.3 Å². The van der Waals surface area contributed by atoms with E-state index in [-0.39, 0.29) is 10.8 Å². The summed E-state index contributed by atoms with van der Waals surface area (Å²) in [6, 6.07) is 2.03. The number of nitrogens with one attached hydrogen (secondary N) is 1. The van der Waals surface area contributed by atoms with E-state index in [1.165, 1.54) is 19.3 Å². The van der Waals surface area contributed by atoms with Gasteiger partial charge in [-0.1, -0.05) is 17.7 Å². The molecule has 1 amide bonds. The molecule has 2 aromatic rings. The highest BCUT2D eigenvalue weighted by atomic mass is 35.5. The van der Waals surface area contributed by atoms with Crippen LogP contribution in [0, 0.1) is 0 Å².